The Balaban J connectivity index is 2.15. The number of rotatable bonds is 8. The molecule has 0 unspecified atom stereocenters. The van der Waals surface area contributed by atoms with Crippen molar-refractivity contribution in [2.24, 2.45) is 0 Å². The van der Waals surface area contributed by atoms with Gasteiger partial charge in [-0.05, 0) is 52.3 Å². The number of allylic oxidation sites excluding steroid dienone is 1. The fourth-order valence-corrected chi connectivity index (χ4v) is 2.72. The number of hydrogen-bond acceptors (Lipinski definition) is 5. The summed E-state index contributed by atoms with van der Waals surface area (Å²) in [4.78, 5) is 24.5. The molecule has 0 spiro atoms. The van der Waals surface area contributed by atoms with E-state index in [9.17, 15) is 9.59 Å². The van der Waals surface area contributed by atoms with Crippen molar-refractivity contribution in [3.63, 3.8) is 0 Å². The molecule has 0 aromatic heterocycles. The molecule has 1 heterocycles. The highest BCUT2D eigenvalue weighted by Gasteiger charge is 2.32. The predicted octanol–water partition coefficient (Wildman–Crippen LogP) is 3.07. The van der Waals surface area contributed by atoms with E-state index in [2.05, 4.69) is 10.6 Å². The summed E-state index contributed by atoms with van der Waals surface area (Å²) in [6.45, 7) is 9.88. The first kappa shape index (κ1) is 20.8. The van der Waals surface area contributed by atoms with E-state index < -0.39 is 12.0 Å². The predicted molar refractivity (Wildman–Crippen MR) is 101 cm³/mol. The fraction of sp³-hybridized carbons (Fsp3) is 0.500. The van der Waals surface area contributed by atoms with Crippen LogP contribution in [0, 0.1) is 0 Å². The summed E-state index contributed by atoms with van der Waals surface area (Å²) in [5.74, 6) is 0.240. The van der Waals surface area contributed by atoms with Crippen molar-refractivity contribution in [2.45, 2.75) is 52.9 Å². The molecule has 27 heavy (non-hydrogen) atoms. The molecular formula is C20H28N2O5. The van der Waals surface area contributed by atoms with Gasteiger partial charge in [-0.25, -0.2) is 9.59 Å². The minimum atomic E-state index is -0.592. The Bertz CT molecular complexity index is 695. The van der Waals surface area contributed by atoms with Gasteiger partial charge in [-0.2, -0.15) is 0 Å². The van der Waals surface area contributed by atoms with Gasteiger partial charge in [0.05, 0.1) is 30.4 Å². The molecule has 1 aliphatic rings. The highest BCUT2D eigenvalue weighted by Crippen LogP contribution is 2.29. The van der Waals surface area contributed by atoms with Gasteiger partial charge in [-0.3, -0.25) is 0 Å². The lowest BCUT2D eigenvalue weighted by Gasteiger charge is -2.28. The van der Waals surface area contributed by atoms with E-state index in [4.69, 9.17) is 14.2 Å². The Hall–Kier alpha value is -2.54. The van der Waals surface area contributed by atoms with Gasteiger partial charge >= 0.3 is 12.0 Å². The number of urea groups is 1. The van der Waals surface area contributed by atoms with Crippen molar-refractivity contribution in [1.29, 1.82) is 0 Å². The third kappa shape index (κ3) is 5.99. The van der Waals surface area contributed by atoms with Gasteiger partial charge in [0, 0.05) is 5.70 Å². The highest BCUT2D eigenvalue weighted by atomic mass is 16.6. The molecular weight excluding hydrogens is 348 g/mol. The summed E-state index contributed by atoms with van der Waals surface area (Å²) in [5.41, 5.74) is 1.61. The largest absolute Gasteiger partial charge is 0.491 e. The van der Waals surface area contributed by atoms with Crippen LogP contribution in [0.25, 0.3) is 0 Å². The van der Waals surface area contributed by atoms with Gasteiger partial charge in [0.2, 0.25) is 0 Å². The van der Waals surface area contributed by atoms with Crippen LogP contribution in [0.5, 0.6) is 5.75 Å². The maximum atomic E-state index is 12.6. The van der Waals surface area contributed by atoms with Gasteiger partial charge in [0.25, 0.3) is 0 Å². The molecule has 0 fully saturated rings. The van der Waals surface area contributed by atoms with E-state index in [1.54, 1.807) is 6.92 Å². The van der Waals surface area contributed by atoms with Crippen LogP contribution in [0.1, 0.15) is 46.2 Å². The maximum Gasteiger partial charge on any atom is 0.338 e. The van der Waals surface area contributed by atoms with Gasteiger partial charge < -0.3 is 24.8 Å². The van der Waals surface area contributed by atoms with Crippen molar-refractivity contribution in [3.05, 3.63) is 41.1 Å². The summed E-state index contributed by atoms with van der Waals surface area (Å²) >= 11 is 0. The van der Waals surface area contributed by atoms with Crippen LogP contribution in [-0.2, 0) is 14.3 Å². The number of carbonyl (C=O) groups excluding carboxylic acids is 2. The number of esters is 1. The molecule has 148 valence electrons. The highest BCUT2D eigenvalue weighted by molar-refractivity contribution is 5.95. The van der Waals surface area contributed by atoms with E-state index >= 15 is 0 Å². The van der Waals surface area contributed by atoms with Crippen LogP contribution in [-0.4, -0.2) is 37.4 Å². The number of benzene rings is 1. The Kier molecular flexibility index (Phi) is 7.24. The number of ether oxygens (including phenoxy) is 3. The van der Waals surface area contributed by atoms with E-state index in [1.165, 1.54) is 0 Å². The molecule has 7 nitrogen and oxygen atoms in total. The molecule has 0 saturated heterocycles. The summed E-state index contributed by atoms with van der Waals surface area (Å²) in [6.07, 6.45) is 0.134. The number of hydrogen-bond donors (Lipinski definition) is 2. The molecule has 0 saturated carbocycles. The Labute approximate surface area is 160 Å². The van der Waals surface area contributed by atoms with Crippen molar-refractivity contribution >= 4 is 12.0 Å². The molecule has 1 aliphatic heterocycles. The second-order valence-corrected chi connectivity index (χ2v) is 6.86. The molecule has 2 rings (SSSR count). The van der Waals surface area contributed by atoms with Crippen molar-refractivity contribution in [1.82, 2.24) is 10.6 Å². The third-order valence-electron chi connectivity index (χ3n) is 3.84. The maximum absolute atomic E-state index is 12.6. The van der Waals surface area contributed by atoms with Crippen molar-refractivity contribution in [2.75, 3.05) is 13.2 Å². The van der Waals surface area contributed by atoms with Crippen LogP contribution in [0.15, 0.2) is 35.5 Å². The van der Waals surface area contributed by atoms with Crippen LogP contribution >= 0.6 is 0 Å². The molecule has 7 heteroatoms. The lowest BCUT2D eigenvalue weighted by molar-refractivity contribution is -0.141. The number of amides is 2. The normalized spacial score (nSPS) is 17.0. The zero-order valence-corrected chi connectivity index (χ0v) is 16.5. The lowest BCUT2D eigenvalue weighted by atomic mass is 9.95. The lowest BCUT2D eigenvalue weighted by Crippen LogP contribution is -2.45. The quantitative estimate of drug-likeness (QED) is 0.538. The first-order valence-corrected chi connectivity index (χ1v) is 9.11. The number of nitrogens with one attached hydrogen (secondary N) is 2. The summed E-state index contributed by atoms with van der Waals surface area (Å²) < 4.78 is 16.4. The van der Waals surface area contributed by atoms with Crippen molar-refractivity contribution in [3.8, 4) is 5.75 Å². The molecule has 0 aliphatic carbocycles. The SMILES string of the molecule is CC1=C(C(=O)OCCOC(C)C)[C@H](c2ccc(OC(C)C)cc2)NC(=O)N1. The van der Waals surface area contributed by atoms with Crippen LogP contribution in [0.2, 0.25) is 0 Å². The zero-order valence-electron chi connectivity index (χ0n) is 16.5. The summed E-state index contributed by atoms with van der Waals surface area (Å²) in [5, 5.41) is 5.41. The van der Waals surface area contributed by atoms with Crippen LogP contribution < -0.4 is 15.4 Å². The third-order valence-corrected chi connectivity index (χ3v) is 3.84. The zero-order chi connectivity index (χ0) is 20.0. The molecule has 0 radical (unpaired) electrons. The second kappa shape index (κ2) is 9.41. The van der Waals surface area contributed by atoms with E-state index in [0.717, 1.165) is 11.3 Å². The molecule has 1 aromatic carbocycles. The van der Waals surface area contributed by atoms with Gasteiger partial charge in [-0.1, -0.05) is 12.1 Å². The van der Waals surface area contributed by atoms with Crippen LogP contribution in [0.3, 0.4) is 0 Å². The van der Waals surface area contributed by atoms with Gasteiger partial charge in [-0.15, -0.1) is 0 Å². The Morgan fingerprint density at radius 2 is 1.74 bits per heavy atom. The standard InChI is InChI=1S/C20H28N2O5/c1-12(2)25-10-11-26-19(23)17-14(5)21-20(24)22-18(17)15-6-8-16(9-7-15)27-13(3)4/h6-9,12-13,18H,10-11H2,1-5H3,(H2,21,22,24)/t18-/m0/s1. The topological polar surface area (TPSA) is 85.9 Å². The summed E-state index contributed by atoms with van der Waals surface area (Å²) in [6, 6.07) is 6.34. The van der Waals surface area contributed by atoms with Crippen LogP contribution in [0.4, 0.5) is 4.79 Å². The monoisotopic (exact) mass is 376 g/mol. The van der Waals surface area contributed by atoms with E-state index in [0.29, 0.717) is 17.9 Å². The van der Waals surface area contributed by atoms with Crippen molar-refractivity contribution < 1.29 is 23.8 Å². The average molecular weight is 376 g/mol. The molecule has 2 amide bonds. The average Bonchev–Trinajstić information content (AvgIpc) is 2.58. The Morgan fingerprint density at radius 1 is 1.07 bits per heavy atom. The van der Waals surface area contributed by atoms with E-state index in [-0.39, 0.29) is 24.8 Å². The molecule has 1 atom stereocenters. The smallest absolute Gasteiger partial charge is 0.338 e. The minimum Gasteiger partial charge on any atom is -0.491 e. The molecule has 1 aromatic rings. The summed E-state index contributed by atoms with van der Waals surface area (Å²) in [7, 11) is 0. The molecule has 0 bridgehead atoms. The minimum absolute atomic E-state index is 0.0650. The first-order chi connectivity index (χ1) is 12.8. The van der Waals surface area contributed by atoms with Gasteiger partial charge in [0.1, 0.15) is 12.4 Å². The second-order valence-electron chi connectivity index (χ2n) is 6.86. The van der Waals surface area contributed by atoms with Gasteiger partial charge in [0.15, 0.2) is 0 Å². The molecule has 2 N–H and O–H groups in total. The van der Waals surface area contributed by atoms with E-state index in [1.807, 2.05) is 52.0 Å². The Morgan fingerprint density at radius 3 is 2.33 bits per heavy atom. The fourth-order valence-electron chi connectivity index (χ4n) is 2.72. The number of carbonyl (C=O) groups is 2. The first-order valence-electron chi connectivity index (χ1n) is 9.11.